The highest BCUT2D eigenvalue weighted by molar-refractivity contribution is 7.14. The smallest absolute Gasteiger partial charge is 0.345 e. The molecule has 186 valence electrons. The van der Waals surface area contributed by atoms with Gasteiger partial charge in [0.15, 0.2) is 0 Å². The lowest BCUT2D eigenvalue weighted by Crippen LogP contribution is -2.28. The number of thiazole rings is 1. The van der Waals surface area contributed by atoms with E-state index in [9.17, 15) is 4.79 Å². The van der Waals surface area contributed by atoms with Crippen LogP contribution < -0.4 is 10.6 Å². The van der Waals surface area contributed by atoms with Crippen LogP contribution in [0.1, 0.15) is 36.4 Å². The summed E-state index contributed by atoms with van der Waals surface area (Å²) in [5.74, 6) is 0.277. The number of para-hydroxylation sites is 1. The fourth-order valence-corrected chi connectivity index (χ4v) is 6.44. The summed E-state index contributed by atoms with van der Waals surface area (Å²) < 4.78 is 5.58. The fraction of sp³-hybridized carbons (Fsp3) is 0.156. The third-order valence-corrected chi connectivity index (χ3v) is 8.22. The monoisotopic (exact) mass is 515 g/mol. The fourth-order valence-electron chi connectivity index (χ4n) is 5.63. The lowest BCUT2D eigenvalue weighted by Gasteiger charge is -2.29. The van der Waals surface area contributed by atoms with Gasteiger partial charge in [-0.2, -0.15) is 5.10 Å². The zero-order chi connectivity index (χ0) is 25.5. The number of anilines is 1. The number of benzene rings is 3. The highest BCUT2D eigenvalue weighted by atomic mass is 32.1. The Labute approximate surface area is 224 Å². The Hall–Kier alpha value is -4.29. The molecule has 2 aliphatic rings. The van der Waals surface area contributed by atoms with E-state index in [2.05, 4.69) is 59.6 Å². The Morgan fingerprint density at radius 2 is 1.71 bits per heavy atom. The average Bonchev–Trinajstić information content (AvgIpc) is 3.60. The molecule has 0 bridgehead atoms. The molecule has 1 aliphatic carbocycles. The number of hydrogen-bond donors (Lipinski definition) is 0. The molecule has 0 radical (unpaired) electrons. The number of rotatable bonds is 4. The maximum absolute atomic E-state index is 12.8. The number of hydrogen-bond acceptors (Lipinski definition) is 6. The van der Waals surface area contributed by atoms with Gasteiger partial charge in [-0.1, -0.05) is 78.9 Å². The van der Waals surface area contributed by atoms with Crippen LogP contribution in [0, 0.1) is 5.92 Å². The normalized spacial score (nSPS) is 20.1. The maximum atomic E-state index is 12.8. The van der Waals surface area contributed by atoms with Crippen LogP contribution in [-0.4, -0.2) is 10.7 Å². The van der Waals surface area contributed by atoms with Crippen LogP contribution in [-0.2, 0) is 0 Å². The zero-order valence-corrected chi connectivity index (χ0v) is 21.5. The van der Waals surface area contributed by atoms with Crippen molar-refractivity contribution in [2.75, 3.05) is 5.01 Å². The van der Waals surface area contributed by atoms with Crippen LogP contribution in [0.15, 0.2) is 116 Å². The molecule has 2 aromatic heterocycles. The van der Waals surface area contributed by atoms with Gasteiger partial charge in [0.25, 0.3) is 0 Å². The van der Waals surface area contributed by atoms with Crippen molar-refractivity contribution in [2.45, 2.75) is 25.3 Å². The minimum atomic E-state index is -0.380. The third kappa shape index (κ3) is 4.07. The number of nitrogens with zero attached hydrogens (tertiary/aromatic N) is 3. The molecule has 0 spiro atoms. The van der Waals surface area contributed by atoms with E-state index < -0.39 is 0 Å². The number of allylic oxidation sites excluding steroid dienone is 1. The molecule has 5 aromatic rings. The maximum Gasteiger partial charge on any atom is 0.345 e. The molecule has 0 saturated heterocycles. The Balaban J connectivity index is 1.32. The number of fused-ring (bicyclic) bond motifs is 2. The second-order valence-electron chi connectivity index (χ2n) is 9.76. The SMILES string of the molecule is O=c1oc2ccccc2cc1-c1csc(N2N=C3/C(=C\c4ccccc4)CCCC3C2c2ccccc2)n1. The van der Waals surface area contributed by atoms with E-state index in [1.165, 1.54) is 28.0 Å². The topological polar surface area (TPSA) is 58.7 Å². The molecule has 1 fully saturated rings. The molecular formula is C32H25N3O2S. The van der Waals surface area contributed by atoms with E-state index in [1.54, 1.807) is 6.07 Å². The highest BCUT2D eigenvalue weighted by Gasteiger charge is 2.42. The predicted molar refractivity (Wildman–Crippen MR) is 154 cm³/mol. The van der Waals surface area contributed by atoms with E-state index in [1.807, 2.05) is 41.8 Å². The summed E-state index contributed by atoms with van der Waals surface area (Å²) in [5.41, 5.74) is 6.14. The first-order valence-electron chi connectivity index (χ1n) is 12.9. The molecule has 0 amide bonds. The summed E-state index contributed by atoms with van der Waals surface area (Å²) in [5, 5.41) is 10.9. The van der Waals surface area contributed by atoms with E-state index in [-0.39, 0.29) is 17.6 Å². The lowest BCUT2D eigenvalue weighted by molar-refractivity contribution is 0.487. The first-order valence-corrected chi connectivity index (χ1v) is 13.8. The molecule has 3 aromatic carbocycles. The van der Waals surface area contributed by atoms with Crippen molar-refractivity contribution in [2.24, 2.45) is 11.0 Å². The summed E-state index contributed by atoms with van der Waals surface area (Å²) >= 11 is 1.51. The summed E-state index contributed by atoms with van der Waals surface area (Å²) in [6, 6.07) is 30.5. The van der Waals surface area contributed by atoms with Crippen LogP contribution in [0.3, 0.4) is 0 Å². The molecule has 1 aliphatic heterocycles. The summed E-state index contributed by atoms with van der Waals surface area (Å²) in [6.07, 6.45) is 5.50. The first-order chi connectivity index (χ1) is 18.7. The van der Waals surface area contributed by atoms with Crippen molar-refractivity contribution >= 4 is 39.2 Å². The molecule has 0 N–H and O–H groups in total. The van der Waals surface area contributed by atoms with Gasteiger partial charge in [-0.3, -0.25) is 0 Å². The van der Waals surface area contributed by atoms with Gasteiger partial charge in [0.2, 0.25) is 5.13 Å². The minimum absolute atomic E-state index is 0.0534. The van der Waals surface area contributed by atoms with Gasteiger partial charge in [0.05, 0.1) is 23.0 Å². The summed E-state index contributed by atoms with van der Waals surface area (Å²) in [4.78, 5) is 17.8. The number of hydrazone groups is 1. The molecule has 6 heteroatoms. The van der Waals surface area contributed by atoms with E-state index >= 15 is 0 Å². The third-order valence-electron chi connectivity index (χ3n) is 7.39. The first kappa shape index (κ1) is 22.9. The van der Waals surface area contributed by atoms with Crippen LogP contribution in [0.4, 0.5) is 5.13 Å². The molecule has 38 heavy (non-hydrogen) atoms. The quantitative estimate of drug-likeness (QED) is 0.230. The molecule has 3 heterocycles. The van der Waals surface area contributed by atoms with Crippen molar-refractivity contribution in [3.8, 4) is 11.3 Å². The lowest BCUT2D eigenvalue weighted by atomic mass is 9.77. The van der Waals surface area contributed by atoms with Gasteiger partial charge >= 0.3 is 5.63 Å². The van der Waals surface area contributed by atoms with E-state index in [0.717, 1.165) is 35.5 Å². The second-order valence-corrected chi connectivity index (χ2v) is 10.6. The van der Waals surface area contributed by atoms with E-state index in [0.29, 0.717) is 16.8 Å². The molecule has 2 atom stereocenters. The van der Waals surface area contributed by atoms with E-state index in [4.69, 9.17) is 14.5 Å². The van der Waals surface area contributed by atoms with Crippen molar-refractivity contribution in [1.82, 2.24) is 4.98 Å². The Morgan fingerprint density at radius 3 is 2.55 bits per heavy atom. The second kappa shape index (κ2) is 9.54. The average molecular weight is 516 g/mol. The van der Waals surface area contributed by atoms with Crippen LogP contribution >= 0.6 is 11.3 Å². The van der Waals surface area contributed by atoms with Crippen LogP contribution in [0.2, 0.25) is 0 Å². The molecule has 7 rings (SSSR count). The predicted octanol–water partition coefficient (Wildman–Crippen LogP) is 7.72. The molecular weight excluding hydrogens is 490 g/mol. The van der Waals surface area contributed by atoms with Gasteiger partial charge in [0, 0.05) is 16.7 Å². The van der Waals surface area contributed by atoms with Crippen molar-refractivity contribution in [3.05, 3.63) is 123 Å². The molecule has 1 saturated carbocycles. The van der Waals surface area contributed by atoms with Crippen molar-refractivity contribution in [3.63, 3.8) is 0 Å². The summed E-state index contributed by atoms with van der Waals surface area (Å²) in [7, 11) is 0. The van der Waals surface area contributed by atoms with Gasteiger partial charge in [0.1, 0.15) is 5.58 Å². The molecule has 5 nitrogen and oxygen atoms in total. The van der Waals surface area contributed by atoms with Crippen molar-refractivity contribution < 1.29 is 4.42 Å². The Bertz CT molecular complexity index is 1740. The Morgan fingerprint density at radius 1 is 0.947 bits per heavy atom. The minimum Gasteiger partial charge on any atom is -0.422 e. The summed E-state index contributed by atoms with van der Waals surface area (Å²) in [6.45, 7) is 0. The molecule has 2 unspecified atom stereocenters. The van der Waals surface area contributed by atoms with Crippen molar-refractivity contribution in [1.29, 1.82) is 0 Å². The number of aromatic nitrogens is 1. The largest absolute Gasteiger partial charge is 0.422 e. The van der Waals surface area contributed by atoms with Crippen LogP contribution in [0.5, 0.6) is 0 Å². The Kier molecular flexibility index (Phi) is 5.74. The zero-order valence-electron chi connectivity index (χ0n) is 20.7. The standard InChI is InChI=1S/C32H25N3O2S/c36-31-26(19-23-14-7-8-17-28(23)37-31)27-20-38-32(33-27)35-30(22-12-5-2-6-13-22)25-16-9-15-24(29(25)34-35)18-21-10-3-1-4-11-21/h1-8,10-14,17-20,25,30H,9,15-16H2/b24-18-. The van der Waals surface area contributed by atoms with Gasteiger partial charge in [-0.15, -0.1) is 11.3 Å². The van der Waals surface area contributed by atoms with Gasteiger partial charge in [-0.25, -0.2) is 14.8 Å². The van der Waals surface area contributed by atoms with Crippen LogP contribution in [0.25, 0.3) is 28.3 Å². The van der Waals surface area contributed by atoms with Gasteiger partial charge < -0.3 is 4.42 Å². The highest BCUT2D eigenvalue weighted by Crippen LogP contribution is 2.47. The van der Waals surface area contributed by atoms with Gasteiger partial charge in [-0.05, 0) is 54.2 Å².